The van der Waals surface area contributed by atoms with Gasteiger partial charge in [-0.05, 0) is 12.8 Å². The molecule has 0 unspecified atom stereocenters. The summed E-state index contributed by atoms with van der Waals surface area (Å²) in [5, 5.41) is 0. The van der Waals surface area contributed by atoms with Crippen LogP contribution in [0.1, 0.15) is 26.7 Å². The van der Waals surface area contributed by atoms with E-state index in [9.17, 15) is 0 Å². The first-order valence-electron chi connectivity index (χ1n) is 3.83. The van der Waals surface area contributed by atoms with Gasteiger partial charge >= 0.3 is 0 Å². The summed E-state index contributed by atoms with van der Waals surface area (Å²) in [6.45, 7) is 4.52. The lowest BCUT2D eigenvalue weighted by atomic mass is 10.1. The molecule has 0 aromatic heterocycles. The highest BCUT2D eigenvalue weighted by Crippen LogP contribution is 2.09. The third-order valence-corrected chi connectivity index (χ3v) is 2.04. The first-order valence-corrected chi connectivity index (χ1v) is 3.83. The van der Waals surface area contributed by atoms with E-state index in [0.29, 0.717) is 0 Å². The average molecular weight is 166 g/mol. The van der Waals surface area contributed by atoms with Crippen LogP contribution in [0, 0.1) is 0 Å². The lowest BCUT2D eigenvalue weighted by Gasteiger charge is -2.32. The molecule has 0 N–H and O–H groups in total. The summed E-state index contributed by atoms with van der Waals surface area (Å²) in [6.07, 6.45) is 2.58. The Kier molecular flexibility index (Phi) is 6.41. The van der Waals surface area contributed by atoms with Gasteiger partial charge in [-0.1, -0.05) is 13.8 Å². The minimum Gasteiger partial charge on any atom is -1.00 e. The molecule has 0 amide bonds. The highest BCUT2D eigenvalue weighted by Gasteiger charge is 2.18. The van der Waals surface area contributed by atoms with Crippen molar-refractivity contribution in [2.24, 2.45) is 0 Å². The molecule has 0 heterocycles. The van der Waals surface area contributed by atoms with Crippen LogP contribution in [0.5, 0.6) is 0 Å². The lowest BCUT2D eigenvalue weighted by Crippen LogP contribution is -3.00. The van der Waals surface area contributed by atoms with Crippen molar-refractivity contribution >= 4 is 0 Å². The van der Waals surface area contributed by atoms with Gasteiger partial charge in [-0.2, -0.15) is 0 Å². The molecule has 0 spiro atoms. The fourth-order valence-electron chi connectivity index (χ4n) is 1.38. The Balaban J connectivity index is 0. The predicted octanol–water partition coefficient (Wildman–Crippen LogP) is -1.11. The van der Waals surface area contributed by atoms with Crippen LogP contribution in [0.2, 0.25) is 0 Å². The molecule has 0 radical (unpaired) electrons. The molecule has 0 aliphatic carbocycles. The molecule has 64 valence electrons. The maximum Gasteiger partial charge on any atom is 0.0878 e. The van der Waals surface area contributed by atoms with Crippen molar-refractivity contribution in [3.8, 4) is 0 Å². The summed E-state index contributed by atoms with van der Waals surface area (Å²) >= 11 is 0. The Bertz CT molecular complexity index is 71.8. The number of halogens is 1. The van der Waals surface area contributed by atoms with Crippen molar-refractivity contribution < 1.29 is 16.9 Å². The molecule has 10 heavy (non-hydrogen) atoms. The van der Waals surface area contributed by atoms with Crippen LogP contribution in [-0.2, 0) is 0 Å². The molecule has 1 nitrogen and oxygen atoms in total. The largest absolute Gasteiger partial charge is 1.00 e. The topological polar surface area (TPSA) is 0 Å². The minimum atomic E-state index is 0. The fraction of sp³-hybridized carbons (Fsp3) is 1.00. The molecule has 0 saturated heterocycles. The standard InChI is InChI=1S/C8H20N.ClH/c1-6-8(7-2)9(3,4)5;/h8H,6-7H2,1-5H3;1H/q+1;/p-1. The van der Waals surface area contributed by atoms with E-state index in [1.807, 2.05) is 0 Å². The Hall–Kier alpha value is 0.250. The molecule has 0 aliphatic rings. The summed E-state index contributed by atoms with van der Waals surface area (Å²) in [4.78, 5) is 0. The van der Waals surface area contributed by atoms with Crippen LogP contribution >= 0.6 is 0 Å². The predicted molar refractivity (Wildman–Crippen MR) is 42.4 cm³/mol. The summed E-state index contributed by atoms with van der Waals surface area (Å²) in [6, 6.07) is 0.838. The number of hydrogen-bond donors (Lipinski definition) is 0. The van der Waals surface area contributed by atoms with Gasteiger partial charge in [0.15, 0.2) is 0 Å². The molecular formula is C8H20ClN. The third kappa shape index (κ3) is 4.13. The van der Waals surface area contributed by atoms with Crippen LogP contribution in [0.4, 0.5) is 0 Å². The van der Waals surface area contributed by atoms with E-state index >= 15 is 0 Å². The quantitative estimate of drug-likeness (QED) is 0.466. The highest BCUT2D eigenvalue weighted by molar-refractivity contribution is 4.49. The Morgan fingerprint density at radius 3 is 1.30 bits per heavy atom. The van der Waals surface area contributed by atoms with Crippen LogP contribution in [0.3, 0.4) is 0 Å². The maximum atomic E-state index is 2.26. The van der Waals surface area contributed by atoms with E-state index in [1.54, 1.807) is 0 Å². The second-order valence-electron chi connectivity index (χ2n) is 3.59. The molecule has 0 aromatic carbocycles. The van der Waals surface area contributed by atoms with Gasteiger partial charge in [-0.25, -0.2) is 0 Å². The fourth-order valence-corrected chi connectivity index (χ4v) is 1.38. The second kappa shape index (κ2) is 4.97. The molecule has 0 aromatic rings. The molecule has 0 aliphatic heterocycles. The van der Waals surface area contributed by atoms with E-state index in [0.717, 1.165) is 10.5 Å². The van der Waals surface area contributed by atoms with Gasteiger partial charge in [0.05, 0.1) is 27.2 Å². The molecule has 0 saturated carbocycles. The van der Waals surface area contributed by atoms with Crippen LogP contribution < -0.4 is 12.4 Å². The van der Waals surface area contributed by atoms with Crippen LogP contribution in [0.15, 0.2) is 0 Å². The van der Waals surface area contributed by atoms with Crippen molar-refractivity contribution in [3.63, 3.8) is 0 Å². The average Bonchev–Trinajstić information content (AvgIpc) is 1.65. The van der Waals surface area contributed by atoms with Gasteiger partial charge in [-0.3, -0.25) is 0 Å². The van der Waals surface area contributed by atoms with Gasteiger partial charge in [-0.15, -0.1) is 0 Å². The smallest absolute Gasteiger partial charge is 0.0878 e. The van der Waals surface area contributed by atoms with Gasteiger partial charge in [0, 0.05) is 0 Å². The molecule has 2 heteroatoms. The second-order valence-corrected chi connectivity index (χ2v) is 3.59. The summed E-state index contributed by atoms with van der Waals surface area (Å²) in [5.74, 6) is 0. The van der Waals surface area contributed by atoms with Crippen LogP contribution in [-0.4, -0.2) is 31.7 Å². The van der Waals surface area contributed by atoms with Crippen molar-refractivity contribution in [1.29, 1.82) is 0 Å². The van der Waals surface area contributed by atoms with E-state index < -0.39 is 0 Å². The zero-order chi connectivity index (χ0) is 7.49. The van der Waals surface area contributed by atoms with Crippen molar-refractivity contribution in [2.45, 2.75) is 32.7 Å². The first kappa shape index (κ1) is 12.9. The summed E-state index contributed by atoms with van der Waals surface area (Å²) < 4.78 is 1.10. The normalized spacial score (nSPS) is 11.4. The SMILES string of the molecule is CCC(CC)[N+](C)(C)C.[Cl-]. The number of rotatable bonds is 3. The zero-order valence-corrected chi connectivity index (χ0v) is 8.57. The molecule has 0 rings (SSSR count). The Labute approximate surface area is 71.4 Å². The van der Waals surface area contributed by atoms with E-state index in [-0.39, 0.29) is 12.4 Å². The van der Waals surface area contributed by atoms with E-state index in [2.05, 4.69) is 35.0 Å². The van der Waals surface area contributed by atoms with Crippen molar-refractivity contribution in [3.05, 3.63) is 0 Å². The summed E-state index contributed by atoms with van der Waals surface area (Å²) in [7, 11) is 6.78. The van der Waals surface area contributed by atoms with Gasteiger partial charge in [0.25, 0.3) is 0 Å². The summed E-state index contributed by atoms with van der Waals surface area (Å²) in [5.41, 5.74) is 0. The van der Waals surface area contributed by atoms with Crippen molar-refractivity contribution in [1.82, 2.24) is 0 Å². The van der Waals surface area contributed by atoms with Gasteiger partial charge < -0.3 is 16.9 Å². The molecular weight excluding hydrogens is 146 g/mol. The first-order chi connectivity index (χ1) is 4.02. The van der Waals surface area contributed by atoms with Crippen molar-refractivity contribution in [2.75, 3.05) is 21.1 Å². The number of quaternary nitrogens is 1. The Morgan fingerprint density at radius 1 is 1.00 bits per heavy atom. The molecule has 0 bridgehead atoms. The number of hydrogen-bond acceptors (Lipinski definition) is 0. The van der Waals surface area contributed by atoms with Gasteiger partial charge in [0.2, 0.25) is 0 Å². The maximum absolute atomic E-state index is 2.26. The number of nitrogens with zero attached hydrogens (tertiary/aromatic N) is 1. The lowest BCUT2D eigenvalue weighted by molar-refractivity contribution is -0.896. The van der Waals surface area contributed by atoms with E-state index in [4.69, 9.17) is 0 Å². The van der Waals surface area contributed by atoms with Crippen LogP contribution in [0.25, 0.3) is 0 Å². The third-order valence-electron chi connectivity index (χ3n) is 2.04. The van der Waals surface area contributed by atoms with E-state index in [1.165, 1.54) is 12.8 Å². The molecule has 0 fully saturated rings. The highest BCUT2D eigenvalue weighted by atomic mass is 35.5. The zero-order valence-electron chi connectivity index (χ0n) is 7.82. The monoisotopic (exact) mass is 165 g/mol. The Morgan fingerprint density at radius 2 is 1.30 bits per heavy atom. The van der Waals surface area contributed by atoms with Gasteiger partial charge in [0.1, 0.15) is 0 Å². The minimum absolute atomic E-state index is 0. The molecule has 0 atom stereocenters.